The summed E-state index contributed by atoms with van der Waals surface area (Å²) in [7, 11) is 0. The van der Waals surface area contributed by atoms with Crippen molar-refractivity contribution >= 4 is 15.9 Å². The Kier molecular flexibility index (Phi) is 4.49. The maximum Gasteiger partial charge on any atom is 0.0957 e. The topological polar surface area (TPSA) is 21.3 Å². The molecule has 1 heterocycles. The van der Waals surface area contributed by atoms with E-state index in [1.54, 1.807) is 0 Å². The zero-order valence-corrected chi connectivity index (χ0v) is 13.8. The molecule has 1 aromatic carbocycles. The van der Waals surface area contributed by atoms with Crippen molar-refractivity contribution < 1.29 is 4.74 Å². The predicted molar refractivity (Wildman–Crippen MR) is 85.8 cm³/mol. The normalized spacial score (nSPS) is 34.3. The lowest BCUT2D eigenvalue weighted by atomic mass is 9.77. The molecular formula is C17H24BrNO. The van der Waals surface area contributed by atoms with Crippen LogP contribution in [0.3, 0.4) is 0 Å². The molecule has 1 atom stereocenters. The predicted octanol–water partition coefficient (Wildman–Crippen LogP) is 4.45. The zero-order valence-electron chi connectivity index (χ0n) is 12.2. The summed E-state index contributed by atoms with van der Waals surface area (Å²) in [6.45, 7) is 4.27. The Morgan fingerprint density at radius 1 is 1.25 bits per heavy atom. The Hall–Kier alpha value is -0.380. The minimum absolute atomic E-state index is 0.0850. The molecule has 0 radical (unpaired) electrons. The number of hydrogen-bond donors (Lipinski definition) is 1. The second kappa shape index (κ2) is 6.17. The molecule has 1 aliphatic carbocycles. The van der Waals surface area contributed by atoms with Crippen LogP contribution in [0.1, 0.15) is 50.7 Å². The van der Waals surface area contributed by atoms with Crippen LogP contribution in [0.2, 0.25) is 0 Å². The highest BCUT2D eigenvalue weighted by Gasteiger charge is 2.40. The molecule has 0 aromatic heterocycles. The molecule has 2 nitrogen and oxygen atoms in total. The van der Waals surface area contributed by atoms with Gasteiger partial charge in [-0.3, -0.25) is 0 Å². The van der Waals surface area contributed by atoms with Crippen molar-refractivity contribution in [3.05, 3.63) is 34.3 Å². The molecule has 20 heavy (non-hydrogen) atoms. The van der Waals surface area contributed by atoms with Gasteiger partial charge in [0.05, 0.1) is 11.7 Å². The van der Waals surface area contributed by atoms with Gasteiger partial charge in [0.1, 0.15) is 0 Å². The second-order valence-corrected chi connectivity index (χ2v) is 7.24. The lowest BCUT2D eigenvalue weighted by Crippen LogP contribution is -2.52. The second-order valence-electron chi connectivity index (χ2n) is 6.32. The Bertz CT molecular complexity index is 437. The van der Waals surface area contributed by atoms with E-state index in [2.05, 4.69) is 52.4 Å². The maximum atomic E-state index is 6.56. The van der Waals surface area contributed by atoms with Gasteiger partial charge in [-0.1, -0.05) is 41.4 Å². The van der Waals surface area contributed by atoms with Gasteiger partial charge in [0, 0.05) is 17.6 Å². The van der Waals surface area contributed by atoms with Gasteiger partial charge in [0.15, 0.2) is 0 Å². The number of morpholine rings is 1. The van der Waals surface area contributed by atoms with Crippen molar-refractivity contribution in [1.29, 1.82) is 0 Å². The third-order valence-electron chi connectivity index (χ3n) is 5.00. The average Bonchev–Trinajstić information content (AvgIpc) is 2.49. The molecule has 1 aromatic rings. The lowest BCUT2D eigenvalue weighted by Gasteiger charge is -2.46. The van der Waals surface area contributed by atoms with Crippen LogP contribution >= 0.6 is 15.9 Å². The molecule has 1 saturated heterocycles. The molecule has 1 spiro atoms. The fraction of sp³-hybridized carbons (Fsp3) is 0.647. The summed E-state index contributed by atoms with van der Waals surface area (Å²) in [5.74, 6) is 0.914. The standard InChI is InChI=1S/C17H24BrNO/c1-2-13-7-9-17(10-8-13)12-19-11-16(20-17)14-3-5-15(18)6-4-14/h3-6,13,16,19H,2,7-12H2,1H3. The van der Waals surface area contributed by atoms with E-state index in [9.17, 15) is 0 Å². The minimum Gasteiger partial charge on any atom is -0.364 e. The van der Waals surface area contributed by atoms with Crippen molar-refractivity contribution in [2.75, 3.05) is 13.1 Å². The van der Waals surface area contributed by atoms with Gasteiger partial charge < -0.3 is 10.1 Å². The molecule has 1 unspecified atom stereocenters. The summed E-state index contributed by atoms with van der Waals surface area (Å²) < 4.78 is 7.68. The minimum atomic E-state index is 0.0850. The van der Waals surface area contributed by atoms with Gasteiger partial charge in [-0.2, -0.15) is 0 Å². The van der Waals surface area contributed by atoms with E-state index < -0.39 is 0 Å². The van der Waals surface area contributed by atoms with Crippen LogP contribution < -0.4 is 5.32 Å². The Morgan fingerprint density at radius 2 is 1.95 bits per heavy atom. The number of benzene rings is 1. The third kappa shape index (κ3) is 3.10. The fourth-order valence-corrected chi connectivity index (χ4v) is 3.85. The summed E-state index contributed by atoms with van der Waals surface area (Å²) in [5.41, 5.74) is 1.37. The van der Waals surface area contributed by atoms with Crippen LogP contribution in [0.4, 0.5) is 0 Å². The van der Waals surface area contributed by atoms with Crippen molar-refractivity contribution in [3.8, 4) is 0 Å². The van der Waals surface area contributed by atoms with E-state index in [4.69, 9.17) is 4.74 Å². The van der Waals surface area contributed by atoms with Crippen molar-refractivity contribution in [1.82, 2.24) is 5.32 Å². The van der Waals surface area contributed by atoms with E-state index in [-0.39, 0.29) is 11.7 Å². The molecule has 0 amide bonds. The molecule has 1 N–H and O–H groups in total. The molecule has 110 valence electrons. The van der Waals surface area contributed by atoms with Crippen LogP contribution in [0.5, 0.6) is 0 Å². The maximum absolute atomic E-state index is 6.56. The molecule has 1 saturated carbocycles. The highest BCUT2D eigenvalue weighted by molar-refractivity contribution is 9.10. The van der Waals surface area contributed by atoms with Gasteiger partial charge in [-0.05, 0) is 49.3 Å². The summed E-state index contributed by atoms with van der Waals surface area (Å²) >= 11 is 3.50. The van der Waals surface area contributed by atoms with E-state index in [1.165, 1.54) is 37.7 Å². The quantitative estimate of drug-likeness (QED) is 0.860. The van der Waals surface area contributed by atoms with Crippen molar-refractivity contribution in [2.24, 2.45) is 5.92 Å². The third-order valence-corrected chi connectivity index (χ3v) is 5.53. The van der Waals surface area contributed by atoms with E-state index in [0.29, 0.717) is 0 Å². The molecule has 2 fully saturated rings. The molecule has 3 heteroatoms. The summed E-state index contributed by atoms with van der Waals surface area (Å²) in [6.07, 6.45) is 6.60. The first-order valence-corrected chi connectivity index (χ1v) is 8.64. The average molecular weight is 338 g/mol. The summed E-state index contributed by atoms with van der Waals surface area (Å²) in [5, 5.41) is 3.60. The Morgan fingerprint density at radius 3 is 2.60 bits per heavy atom. The van der Waals surface area contributed by atoms with Crippen LogP contribution in [-0.2, 0) is 4.74 Å². The van der Waals surface area contributed by atoms with E-state index in [1.807, 2.05) is 0 Å². The summed E-state index contributed by atoms with van der Waals surface area (Å²) in [6, 6.07) is 8.56. The van der Waals surface area contributed by atoms with Crippen LogP contribution in [-0.4, -0.2) is 18.7 Å². The first-order chi connectivity index (χ1) is 9.71. The first-order valence-electron chi connectivity index (χ1n) is 7.85. The first kappa shape index (κ1) is 14.6. The van der Waals surface area contributed by atoms with Crippen LogP contribution in [0.15, 0.2) is 28.7 Å². The molecule has 2 aliphatic rings. The molecule has 3 rings (SSSR count). The van der Waals surface area contributed by atoms with Gasteiger partial charge in [-0.25, -0.2) is 0 Å². The number of rotatable bonds is 2. The fourth-order valence-electron chi connectivity index (χ4n) is 3.59. The van der Waals surface area contributed by atoms with Crippen LogP contribution in [0, 0.1) is 5.92 Å². The smallest absolute Gasteiger partial charge is 0.0957 e. The number of ether oxygens (including phenoxy) is 1. The van der Waals surface area contributed by atoms with Crippen molar-refractivity contribution in [3.63, 3.8) is 0 Å². The van der Waals surface area contributed by atoms with Gasteiger partial charge in [0.25, 0.3) is 0 Å². The molecular weight excluding hydrogens is 314 g/mol. The lowest BCUT2D eigenvalue weighted by molar-refractivity contribution is -0.141. The SMILES string of the molecule is CCC1CCC2(CC1)CNCC(c1ccc(Br)cc1)O2. The zero-order chi connectivity index (χ0) is 14.0. The monoisotopic (exact) mass is 337 g/mol. The number of nitrogens with one attached hydrogen (secondary N) is 1. The highest BCUT2D eigenvalue weighted by Crippen LogP contribution is 2.40. The molecule has 0 bridgehead atoms. The molecule has 1 aliphatic heterocycles. The van der Waals surface area contributed by atoms with Crippen LogP contribution in [0.25, 0.3) is 0 Å². The Balaban J connectivity index is 1.69. The Labute approximate surface area is 130 Å². The highest BCUT2D eigenvalue weighted by atomic mass is 79.9. The number of halogens is 1. The van der Waals surface area contributed by atoms with Crippen molar-refractivity contribution in [2.45, 2.75) is 50.7 Å². The van der Waals surface area contributed by atoms with Gasteiger partial charge >= 0.3 is 0 Å². The van der Waals surface area contributed by atoms with Gasteiger partial charge in [-0.15, -0.1) is 0 Å². The van der Waals surface area contributed by atoms with E-state index in [0.717, 1.165) is 23.5 Å². The summed E-state index contributed by atoms with van der Waals surface area (Å²) in [4.78, 5) is 0. The number of hydrogen-bond acceptors (Lipinski definition) is 2. The van der Waals surface area contributed by atoms with Gasteiger partial charge in [0.2, 0.25) is 0 Å². The van der Waals surface area contributed by atoms with E-state index >= 15 is 0 Å². The largest absolute Gasteiger partial charge is 0.364 e.